The maximum atomic E-state index is 12.3. The van der Waals surface area contributed by atoms with Gasteiger partial charge in [0, 0.05) is 25.0 Å². The van der Waals surface area contributed by atoms with E-state index in [1.807, 2.05) is 18.2 Å². The zero-order valence-electron chi connectivity index (χ0n) is 13.5. The summed E-state index contributed by atoms with van der Waals surface area (Å²) in [4.78, 5) is 46.1. The highest BCUT2D eigenvalue weighted by Gasteiger charge is 2.27. The molecule has 1 saturated heterocycles. The van der Waals surface area contributed by atoms with Crippen LogP contribution in [0.3, 0.4) is 0 Å². The fraction of sp³-hybridized carbons (Fsp3) is 0.312. The number of aromatic nitrogens is 2. The van der Waals surface area contributed by atoms with Crippen molar-refractivity contribution in [3.8, 4) is 0 Å². The van der Waals surface area contributed by atoms with E-state index in [9.17, 15) is 14.4 Å². The molecule has 3 amide bonds. The third-order valence-electron chi connectivity index (χ3n) is 4.10. The molecular formula is C16H18N6O3. The van der Waals surface area contributed by atoms with Crippen molar-refractivity contribution in [1.82, 2.24) is 19.8 Å². The first-order chi connectivity index (χ1) is 11.9. The van der Waals surface area contributed by atoms with Crippen molar-refractivity contribution in [2.24, 2.45) is 5.73 Å². The number of hydrogen-bond donors (Lipinski definition) is 2. The molecule has 1 aliphatic heterocycles. The number of nitrogens with zero attached hydrogens (tertiary/aromatic N) is 4. The Morgan fingerprint density at radius 1 is 1.20 bits per heavy atom. The van der Waals surface area contributed by atoms with Gasteiger partial charge in [0.05, 0.1) is 12.1 Å². The summed E-state index contributed by atoms with van der Waals surface area (Å²) in [5, 5.41) is 0.763. The molecule has 2 heterocycles. The fourth-order valence-corrected chi connectivity index (χ4v) is 2.79. The number of primary amides is 1. The van der Waals surface area contributed by atoms with Crippen molar-refractivity contribution >= 4 is 34.4 Å². The summed E-state index contributed by atoms with van der Waals surface area (Å²) in [5.41, 5.74) is 12.5. The Morgan fingerprint density at radius 3 is 2.72 bits per heavy atom. The minimum Gasteiger partial charge on any atom is -0.383 e. The molecule has 0 unspecified atom stereocenters. The first-order valence-corrected chi connectivity index (χ1v) is 7.77. The Morgan fingerprint density at radius 2 is 2.00 bits per heavy atom. The lowest BCUT2D eigenvalue weighted by atomic mass is 10.1. The van der Waals surface area contributed by atoms with Gasteiger partial charge in [0.2, 0.25) is 17.7 Å². The van der Waals surface area contributed by atoms with Gasteiger partial charge in [-0.2, -0.15) is 0 Å². The maximum Gasteiger partial charge on any atom is 0.242 e. The molecule has 0 saturated carbocycles. The summed E-state index contributed by atoms with van der Waals surface area (Å²) in [6.45, 7) is 1.14. The van der Waals surface area contributed by atoms with Gasteiger partial charge in [0.25, 0.3) is 0 Å². The van der Waals surface area contributed by atoms with Gasteiger partial charge in [-0.05, 0) is 17.7 Å². The van der Waals surface area contributed by atoms with E-state index in [-0.39, 0.29) is 18.9 Å². The highest BCUT2D eigenvalue weighted by atomic mass is 16.2. The molecule has 0 atom stereocenters. The molecule has 0 spiro atoms. The zero-order valence-corrected chi connectivity index (χ0v) is 13.5. The van der Waals surface area contributed by atoms with Gasteiger partial charge in [0.15, 0.2) is 0 Å². The van der Waals surface area contributed by atoms with Gasteiger partial charge in [-0.25, -0.2) is 9.97 Å². The van der Waals surface area contributed by atoms with Crippen LogP contribution in [0.15, 0.2) is 24.5 Å². The number of amides is 3. The molecule has 9 nitrogen and oxygen atoms in total. The van der Waals surface area contributed by atoms with Gasteiger partial charge in [-0.1, -0.05) is 6.07 Å². The van der Waals surface area contributed by atoms with Crippen LogP contribution in [0.1, 0.15) is 12.0 Å². The zero-order chi connectivity index (χ0) is 18.0. The molecule has 2 aromatic rings. The summed E-state index contributed by atoms with van der Waals surface area (Å²) in [7, 11) is 0. The Hall–Kier alpha value is -3.23. The van der Waals surface area contributed by atoms with E-state index in [1.54, 1.807) is 4.90 Å². The van der Waals surface area contributed by atoms with Crippen molar-refractivity contribution in [2.75, 3.05) is 25.4 Å². The summed E-state index contributed by atoms with van der Waals surface area (Å²) >= 11 is 0. The molecule has 1 fully saturated rings. The second-order valence-electron chi connectivity index (χ2n) is 5.88. The number of anilines is 1. The third-order valence-corrected chi connectivity index (χ3v) is 4.10. The van der Waals surface area contributed by atoms with E-state index in [4.69, 9.17) is 11.5 Å². The Kier molecular flexibility index (Phi) is 4.46. The normalized spacial score (nSPS) is 14.8. The van der Waals surface area contributed by atoms with Gasteiger partial charge < -0.3 is 21.3 Å². The molecule has 9 heteroatoms. The van der Waals surface area contributed by atoms with E-state index in [2.05, 4.69) is 9.97 Å². The van der Waals surface area contributed by atoms with Crippen molar-refractivity contribution < 1.29 is 14.4 Å². The number of piperazine rings is 1. The summed E-state index contributed by atoms with van der Waals surface area (Å²) in [5.74, 6) is -0.878. The number of carbonyl (C=O) groups excluding carboxylic acids is 3. The van der Waals surface area contributed by atoms with E-state index in [0.717, 1.165) is 10.9 Å². The first kappa shape index (κ1) is 16.6. The second kappa shape index (κ2) is 6.71. The van der Waals surface area contributed by atoms with Crippen LogP contribution in [-0.2, 0) is 20.9 Å². The van der Waals surface area contributed by atoms with Crippen LogP contribution in [0.2, 0.25) is 0 Å². The fourth-order valence-electron chi connectivity index (χ4n) is 2.79. The number of hydrogen-bond acceptors (Lipinski definition) is 6. The lowest BCUT2D eigenvalue weighted by Crippen LogP contribution is -2.52. The lowest BCUT2D eigenvalue weighted by molar-refractivity contribution is -0.147. The second-order valence-corrected chi connectivity index (χ2v) is 5.88. The number of fused-ring (bicyclic) bond motifs is 1. The molecular weight excluding hydrogens is 324 g/mol. The van der Waals surface area contributed by atoms with Crippen molar-refractivity contribution in [3.05, 3.63) is 30.1 Å². The lowest BCUT2D eigenvalue weighted by Gasteiger charge is -2.34. The predicted octanol–water partition coefficient (Wildman–Crippen LogP) is -0.742. The molecule has 3 rings (SSSR count). The van der Waals surface area contributed by atoms with Gasteiger partial charge >= 0.3 is 0 Å². The number of carbonyl (C=O) groups is 3. The average Bonchev–Trinajstić information content (AvgIpc) is 2.56. The molecule has 0 bridgehead atoms. The Bertz CT molecular complexity index is 853. The Balaban J connectivity index is 1.67. The third kappa shape index (κ3) is 3.65. The van der Waals surface area contributed by atoms with Gasteiger partial charge in [-0.15, -0.1) is 0 Å². The highest BCUT2D eigenvalue weighted by Crippen LogP contribution is 2.19. The molecule has 0 aliphatic carbocycles. The van der Waals surface area contributed by atoms with Crippen molar-refractivity contribution in [3.63, 3.8) is 0 Å². The highest BCUT2D eigenvalue weighted by molar-refractivity contribution is 5.97. The molecule has 1 aromatic heterocycles. The quantitative estimate of drug-likeness (QED) is 0.702. The van der Waals surface area contributed by atoms with Crippen LogP contribution >= 0.6 is 0 Å². The smallest absolute Gasteiger partial charge is 0.242 e. The number of nitrogens with two attached hydrogens (primary N) is 2. The standard InChI is InChI=1S/C16H18N6O3/c17-13(23)6-14(24)22-4-3-21(15(25)8-22)7-10-1-2-11-12(5-10)19-9-20-16(11)18/h1-2,5,9H,3-4,6-8H2,(H2,17,23)(H2,18,19,20). The number of rotatable bonds is 4. The maximum absolute atomic E-state index is 12.3. The number of benzene rings is 1. The van der Waals surface area contributed by atoms with Crippen molar-refractivity contribution in [1.29, 1.82) is 0 Å². The van der Waals surface area contributed by atoms with Crippen LogP contribution in [0.4, 0.5) is 5.82 Å². The van der Waals surface area contributed by atoms with E-state index in [0.29, 0.717) is 31.0 Å². The van der Waals surface area contributed by atoms with Crippen LogP contribution in [0.25, 0.3) is 10.9 Å². The van der Waals surface area contributed by atoms with Crippen molar-refractivity contribution in [2.45, 2.75) is 13.0 Å². The summed E-state index contributed by atoms with van der Waals surface area (Å²) < 4.78 is 0. The van der Waals surface area contributed by atoms with E-state index < -0.39 is 11.8 Å². The molecule has 1 aliphatic rings. The molecule has 1 aromatic carbocycles. The summed E-state index contributed by atoms with van der Waals surface area (Å²) in [6, 6.07) is 5.57. The minimum absolute atomic E-state index is 0.0468. The topological polar surface area (TPSA) is 136 Å². The van der Waals surface area contributed by atoms with E-state index in [1.165, 1.54) is 11.2 Å². The Labute approximate surface area is 143 Å². The minimum atomic E-state index is -0.697. The largest absolute Gasteiger partial charge is 0.383 e. The van der Waals surface area contributed by atoms with Crippen LogP contribution in [0, 0.1) is 0 Å². The first-order valence-electron chi connectivity index (χ1n) is 7.77. The van der Waals surface area contributed by atoms with Crippen LogP contribution in [-0.4, -0.2) is 57.1 Å². The van der Waals surface area contributed by atoms with Gasteiger partial charge in [0.1, 0.15) is 18.6 Å². The molecule has 25 heavy (non-hydrogen) atoms. The average molecular weight is 342 g/mol. The monoisotopic (exact) mass is 342 g/mol. The van der Waals surface area contributed by atoms with E-state index >= 15 is 0 Å². The predicted molar refractivity (Wildman–Crippen MR) is 89.8 cm³/mol. The number of nitrogen functional groups attached to an aromatic ring is 1. The molecule has 4 N–H and O–H groups in total. The van der Waals surface area contributed by atoms with Gasteiger partial charge in [-0.3, -0.25) is 14.4 Å². The SMILES string of the molecule is NC(=O)CC(=O)N1CCN(Cc2ccc3c(N)ncnc3c2)C(=O)C1. The molecule has 130 valence electrons. The molecule has 0 radical (unpaired) electrons. The van der Waals surface area contributed by atoms with Crippen LogP contribution in [0.5, 0.6) is 0 Å². The van der Waals surface area contributed by atoms with Crippen LogP contribution < -0.4 is 11.5 Å². The summed E-state index contributed by atoms with van der Waals surface area (Å²) in [6.07, 6.45) is 1.02.